The van der Waals surface area contributed by atoms with Crippen LogP contribution in [0.1, 0.15) is 56.0 Å². The first-order valence-corrected chi connectivity index (χ1v) is 12.7. The Balaban J connectivity index is 1.21. The number of carbonyl (C=O) groups is 4. The highest BCUT2D eigenvalue weighted by Crippen LogP contribution is 2.31. The molecule has 1 atom stereocenters. The Morgan fingerprint density at radius 2 is 1.83 bits per heavy atom. The first-order chi connectivity index (χ1) is 17.1. The van der Waals surface area contributed by atoms with Gasteiger partial charge in [-0.1, -0.05) is 0 Å². The molecule has 2 saturated heterocycles. The Kier molecular flexibility index (Phi) is 7.94. The van der Waals surface area contributed by atoms with Crippen molar-refractivity contribution in [2.45, 2.75) is 58.2 Å². The summed E-state index contributed by atoms with van der Waals surface area (Å²) >= 11 is 0. The highest BCUT2D eigenvalue weighted by Gasteiger charge is 2.39. The first kappa shape index (κ1) is 26.1. The lowest BCUT2D eigenvalue weighted by Crippen LogP contribution is -2.52. The Morgan fingerprint density at radius 3 is 2.53 bits per heavy atom. The van der Waals surface area contributed by atoms with Gasteiger partial charge in [-0.05, 0) is 51.0 Å². The molecule has 0 aliphatic carbocycles. The molecule has 36 heavy (non-hydrogen) atoms. The molecular formula is C26H36N4O6. The molecule has 10 nitrogen and oxygen atoms in total. The average molecular weight is 501 g/mol. The van der Waals surface area contributed by atoms with Gasteiger partial charge in [0.2, 0.25) is 11.8 Å². The molecule has 10 heteroatoms. The molecule has 0 saturated carbocycles. The van der Waals surface area contributed by atoms with Crippen LogP contribution in [0.2, 0.25) is 0 Å². The fraction of sp³-hybridized carbons (Fsp3) is 0.615. The third-order valence-corrected chi connectivity index (χ3v) is 6.67. The van der Waals surface area contributed by atoms with Crippen molar-refractivity contribution in [3.63, 3.8) is 0 Å². The van der Waals surface area contributed by atoms with E-state index in [9.17, 15) is 19.2 Å². The van der Waals surface area contributed by atoms with E-state index in [2.05, 4.69) is 21.2 Å². The molecular weight excluding hydrogens is 464 g/mol. The highest BCUT2D eigenvalue weighted by molar-refractivity contribution is 6.05. The van der Waals surface area contributed by atoms with Crippen molar-refractivity contribution in [2.24, 2.45) is 0 Å². The zero-order chi connectivity index (χ0) is 25.9. The van der Waals surface area contributed by atoms with Crippen LogP contribution in [0, 0.1) is 0 Å². The van der Waals surface area contributed by atoms with Gasteiger partial charge in [0.15, 0.2) is 0 Å². The van der Waals surface area contributed by atoms with Gasteiger partial charge in [-0.2, -0.15) is 0 Å². The number of carbonyl (C=O) groups excluding carboxylic acids is 4. The third-order valence-electron chi connectivity index (χ3n) is 6.67. The van der Waals surface area contributed by atoms with E-state index in [0.29, 0.717) is 31.7 Å². The van der Waals surface area contributed by atoms with E-state index in [1.54, 1.807) is 4.90 Å². The van der Waals surface area contributed by atoms with Gasteiger partial charge in [-0.15, -0.1) is 0 Å². The second kappa shape index (κ2) is 11.0. The summed E-state index contributed by atoms with van der Waals surface area (Å²) in [5.74, 6) is -1.07. The summed E-state index contributed by atoms with van der Waals surface area (Å²) in [6.45, 7) is 11.2. The van der Waals surface area contributed by atoms with Gasteiger partial charge in [0.1, 0.15) is 11.6 Å². The van der Waals surface area contributed by atoms with E-state index >= 15 is 0 Å². The van der Waals surface area contributed by atoms with Crippen LogP contribution in [0.15, 0.2) is 18.2 Å². The number of benzene rings is 1. The fourth-order valence-electron chi connectivity index (χ4n) is 4.83. The minimum atomic E-state index is -0.596. The molecule has 0 bridgehead atoms. The predicted octanol–water partition coefficient (Wildman–Crippen LogP) is 1.32. The van der Waals surface area contributed by atoms with Crippen LogP contribution in [-0.2, 0) is 30.4 Å². The lowest BCUT2D eigenvalue weighted by Gasteiger charge is -2.36. The minimum absolute atomic E-state index is 0.150. The van der Waals surface area contributed by atoms with Crippen molar-refractivity contribution < 1.29 is 28.7 Å². The highest BCUT2D eigenvalue weighted by atomic mass is 16.6. The van der Waals surface area contributed by atoms with Crippen molar-refractivity contribution in [1.29, 1.82) is 0 Å². The van der Waals surface area contributed by atoms with Crippen LogP contribution >= 0.6 is 0 Å². The Morgan fingerprint density at radius 1 is 1.08 bits per heavy atom. The van der Waals surface area contributed by atoms with Crippen molar-refractivity contribution in [2.75, 3.05) is 50.8 Å². The summed E-state index contributed by atoms with van der Waals surface area (Å²) in [6.07, 6.45) is 0.873. The molecule has 3 aliphatic rings. The number of nitrogens with zero attached hydrogens (tertiary/aromatic N) is 3. The minimum Gasteiger partial charge on any atom is -0.460 e. The lowest BCUT2D eigenvalue weighted by atomic mass is 10.0. The van der Waals surface area contributed by atoms with Crippen LogP contribution in [0.5, 0.6) is 0 Å². The number of esters is 1. The van der Waals surface area contributed by atoms with E-state index in [0.717, 1.165) is 44.0 Å². The van der Waals surface area contributed by atoms with Crippen molar-refractivity contribution in [3.05, 3.63) is 29.3 Å². The standard InChI is InChI=1S/C26H36N4O6/c1-26(2,3)36-23(32)8-14-35-15-13-28-9-11-29(12-10-28)19-4-5-20-18(16-19)17-30(25(20)34)21-6-7-22(31)27-24(21)33/h4-5,16,21H,6-15,17H2,1-3H3,(H,27,31,33). The second-order valence-corrected chi connectivity index (χ2v) is 10.5. The number of ether oxygens (including phenoxy) is 2. The van der Waals surface area contributed by atoms with Crippen molar-refractivity contribution in [1.82, 2.24) is 15.1 Å². The van der Waals surface area contributed by atoms with Gasteiger partial charge < -0.3 is 19.3 Å². The van der Waals surface area contributed by atoms with Crippen LogP contribution < -0.4 is 10.2 Å². The monoisotopic (exact) mass is 500 g/mol. The number of imide groups is 1. The van der Waals surface area contributed by atoms with E-state index < -0.39 is 17.6 Å². The normalized spacial score (nSPS) is 21.0. The number of nitrogens with one attached hydrogen (secondary N) is 1. The first-order valence-electron chi connectivity index (χ1n) is 12.7. The summed E-state index contributed by atoms with van der Waals surface area (Å²) in [6, 6.07) is 5.28. The Hall–Kier alpha value is -2.98. The number of fused-ring (bicyclic) bond motifs is 1. The lowest BCUT2D eigenvalue weighted by molar-refractivity contribution is -0.156. The Bertz CT molecular complexity index is 1010. The molecule has 3 aliphatic heterocycles. The number of hydrogen-bond acceptors (Lipinski definition) is 8. The second-order valence-electron chi connectivity index (χ2n) is 10.5. The van der Waals surface area contributed by atoms with E-state index in [1.165, 1.54) is 0 Å². The largest absolute Gasteiger partial charge is 0.460 e. The molecule has 0 radical (unpaired) electrons. The zero-order valence-corrected chi connectivity index (χ0v) is 21.4. The van der Waals surface area contributed by atoms with Gasteiger partial charge in [-0.25, -0.2) is 0 Å². The third kappa shape index (κ3) is 6.41. The molecule has 1 unspecified atom stereocenters. The van der Waals surface area contributed by atoms with E-state index in [-0.39, 0.29) is 30.6 Å². The SMILES string of the molecule is CC(C)(C)OC(=O)CCOCCN1CCN(c2ccc3c(c2)CN(C2CCC(=O)NC2=O)C3=O)CC1. The number of piperazine rings is 1. The smallest absolute Gasteiger partial charge is 0.308 e. The van der Waals surface area contributed by atoms with Crippen LogP contribution in [0.25, 0.3) is 0 Å². The van der Waals surface area contributed by atoms with E-state index in [4.69, 9.17) is 9.47 Å². The van der Waals surface area contributed by atoms with Crippen LogP contribution in [0.4, 0.5) is 5.69 Å². The molecule has 0 spiro atoms. The molecule has 1 N–H and O–H groups in total. The number of anilines is 1. The van der Waals surface area contributed by atoms with Crippen LogP contribution in [0.3, 0.4) is 0 Å². The summed E-state index contributed by atoms with van der Waals surface area (Å²) in [4.78, 5) is 54.6. The summed E-state index contributed by atoms with van der Waals surface area (Å²) < 4.78 is 10.9. The van der Waals surface area contributed by atoms with Crippen molar-refractivity contribution >= 4 is 29.4 Å². The van der Waals surface area contributed by atoms with E-state index in [1.807, 2.05) is 32.9 Å². The maximum absolute atomic E-state index is 12.9. The number of rotatable bonds is 8. The predicted molar refractivity (Wildman–Crippen MR) is 132 cm³/mol. The van der Waals surface area contributed by atoms with Crippen LogP contribution in [-0.4, -0.2) is 91.1 Å². The van der Waals surface area contributed by atoms with Gasteiger partial charge in [0.05, 0.1) is 19.6 Å². The molecule has 4 rings (SSSR count). The van der Waals surface area contributed by atoms with Gasteiger partial charge in [0.25, 0.3) is 5.91 Å². The van der Waals surface area contributed by atoms with Crippen molar-refractivity contribution in [3.8, 4) is 0 Å². The van der Waals surface area contributed by atoms with Gasteiger partial charge in [-0.3, -0.25) is 29.4 Å². The quantitative estimate of drug-likeness (QED) is 0.324. The maximum atomic E-state index is 12.9. The summed E-state index contributed by atoms with van der Waals surface area (Å²) in [7, 11) is 0. The molecule has 2 fully saturated rings. The number of piperidine rings is 1. The maximum Gasteiger partial charge on any atom is 0.308 e. The molecule has 1 aromatic carbocycles. The molecule has 3 amide bonds. The summed E-state index contributed by atoms with van der Waals surface area (Å²) in [5, 5.41) is 2.34. The topological polar surface area (TPSA) is 108 Å². The van der Waals surface area contributed by atoms with Gasteiger partial charge >= 0.3 is 5.97 Å². The zero-order valence-electron chi connectivity index (χ0n) is 21.4. The molecule has 1 aromatic rings. The summed E-state index contributed by atoms with van der Waals surface area (Å²) in [5.41, 5.74) is 2.14. The fourth-order valence-corrected chi connectivity index (χ4v) is 4.83. The Labute approximate surface area is 211 Å². The molecule has 196 valence electrons. The van der Waals surface area contributed by atoms with Gasteiger partial charge in [0, 0.05) is 56.9 Å². The average Bonchev–Trinajstić information content (AvgIpc) is 3.13. The number of hydrogen-bond donors (Lipinski definition) is 1. The molecule has 0 aromatic heterocycles. The molecule has 3 heterocycles. The number of amides is 3.